The maximum atomic E-state index is 12.6. The van der Waals surface area contributed by atoms with Gasteiger partial charge in [-0.1, -0.05) is 26.3 Å². The lowest BCUT2D eigenvalue weighted by Crippen LogP contribution is -2.32. The van der Waals surface area contributed by atoms with Gasteiger partial charge in [-0.15, -0.1) is 0 Å². The number of nitrogens with zero attached hydrogens (tertiary/aromatic N) is 1. The summed E-state index contributed by atoms with van der Waals surface area (Å²) in [5.41, 5.74) is 2.45. The molecule has 0 fully saturated rings. The van der Waals surface area contributed by atoms with E-state index in [9.17, 15) is 9.59 Å². The number of thiol groups is 1. The zero-order valence-electron chi connectivity index (χ0n) is 16.7. The van der Waals surface area contributed by atoms with Crippen LogP contribution in [0, 0.1) is 5.41 Å². The van der Waals surface area contributed by atoms with Crippen molar-refractivity contribution in [3.05, 3.63) is 23.8 Å². The monoisotopic (exact) mass is 412 g/mol. The van der Waals surface area contributed by atoms with Gasteiger partial charge in [0.25, 0.3) is 0 Å². The fourth-order valence-corrected chi connectivity index (χ4v) is 3.46. The number of amides is 1. The van der Waals surface area contributed by atoms with Gasteiger partial charge in [0.15, 0.2) is 0 Å². The fraction of sp³-hybridized carbons (Fsp3) is 0.600. The summed E-state index contributed by atoms with van der Waals surface area (Å²) < 4.78 is 0. The first kappa shape index (κ1) is 23.7. The van der Waals surface area contributed by atoms with Gasteiger partial charge >= 0.3 is 5.97 Å². The van der Waals surface area contributed by atoms with E-state index in [0.29, 0.717) is 5.75 Å². The van der Waals surface area contributed by atoms with E-state index < -0.39 is 11.4 Å². The van der Waals surface area contributed by atoms with E-state index >= 15 is 0 Å². The number of unbranched alkanes of at least 4 members (excludes halogenated alkanes) is 2. The molecule has 0 unspecified atom stereocenters. The van der Waals surface area contributed by atoms with Crippen molar-refractivity contribution in [1.29, 1.82) is 0 Å². The number of hydrogen-bond acceptors (Lipinski definition) is 5. The summed E-state index contributed by atoms with van der Waals surface area (Å²) in [7, 11) is 3.95. The van der Waals surface area contributed by atoms with Crippen molar-refractivity contribution >= 4 is 47.6 Å². The number of hydrogen-bond donors (Lipinski definition) is 3. The number of thioether (sulfide) groups is 1. The van der Waals surface area contributed by atoms with E-state index in [0.717, 1.165) is 47.7 Å². The van der Waals surface area contributed by atoms with E-state index in [4.69, 9.17) is 5.11 Å². The number of carbonyl (C=O) groups is 2. The van der Waals surface area contributed by atoms with Crippen molar-refractivity contribution in [2.24, 2.45) is 5.41 Å². The molecule has 0 saturated carbocycles. The molecular formula is C20H32N2O3S2. The molecule has 0 saturated heterocycles. The predicted octanol–water partition coefficient (Wildman–Crippen LogP) is 4.53. The standard InChI is InChI=1S/C20H32N2O3S2/c1-20(2,14-26)19(25)21-17-12-16(22(3)4)10-9-15(17)13-27-11-7-5-6-8-18(23)24/h9-10,12,26H,5-8,11,13-14H2,1-4H3,(H,21,25)(H,23,24). The van der Waals surface area contributed by atoms with Crippen molar-refractivity contribution in [3.8, 4) is 0 Å². The Morgan fingerprint density at radius 1 is 1.22 bits per heavy atom. The molecule has 0 aliphatic heterocycles. The van der Waals surface area contributed by atoms with Crippen molar-refractivity contribution < 1.29 is 14.7 Å². The first-order valence-electron chi connectivity index (χ1n) is 9.19. The summed E-state index contributed by atoms with van der Waals surface area (Å²) in [5, 5.41) is 11.7. The minimum atomic E-state index is -0.729. The number of nitrogens with one attached hydrogen (secondary N) is 1. The fourth-order valence-electron chi connectivity index (χ4n) is 2.29. The lowest BCUT2D eigenvalue weighted by Gasteiger charge is -2.23. The average molecular weight is 413 g/mol. The third-order valence-electron chi connectivity index (χ3n) is 4.30. The van der Waals surface area contributed by atoms with Gasteiger partial charge in [0.05, 0.1) is 5.41 Å². The predicted molar refractivity (Wildman–Crippen MR) is 119 cm³/mol. The number of carboxylic acid groups (broad SMARTS) is 1. The molecule has 152 valence electrons. The molecule has 1 aromatic rings. The second-order valence-electron chi connectivity index (χ2n) is 7.49. The number of anilines is 2. The Balaban J connectivity index is 2.69. The molecule has 2 N–H and O–H groups in total. The lowest BCUT2D eigenvalue weighted by molar-refractivity contribution is -0.137. The quantitative estimate of drug-likeness (QED) is 0.348. The molecule has 0 heterocycles. The van der Waals surface area contributed by atoms with Crippen LogP contribution in [0.3, 0.4) is 0 Å². The van der Waals surface area contributed by atoms with Gasteiger partial charge in [0.1, 0.15) is 0 Å². The summed E-state index contributed by atoms with van der Waals surface area (Å²) in [6, 6.07) is 6.13. The summed E-state index contributed by atoms with van der Waals surface area (Å²) >= 11 is 6.09. The zero-order chi connectivity index (χ0) is 20.4. The Morgan fingerprint density at radius 3 is 2.52 bits per heavy atom. The van der Waals surface area contributed by atoms with Crippen LogP contribution in [-0.4, -0.2) is 42.6 Å². The molecule has 1 rings (SSSR count). The van der Waals surface area contributed by atoms with Gasteiger partial charge < -0.3 is 15.3 Å². The number of benzene rings is 1. The molecule has 0 spiro atoms. The molecule has 0 radical (unpaired) electrons. The van der Waals surface area contributed by atoms with Crippen molar-refractivity contribution in [2.75, 3.05) is 35.8 Å². The Labute approximate surface area is 172 Å². The number of carbonyl (C=O) groups excluding carboxylic acids is 1. The highest BCUT2D eigenvalue weighted by Gasteiger charge is 2.26. The Bertz CT molecular complexity index is 634. The maximum Gasteiger partial charge on any atom is 0.303 e. The molecule has 7 heteroatoms. The lowest BCUT2D eigenvalue weighted by atomic mass is 9.95. The van der Waals surface area contributed by atoms with Gasteiger partial charge in [-0.3, -0.25) is 9.59 Å². The van der Waals surface area contributed by atoms with Crippen LogP contribution >= 0.6 is 24.4 Å². The highest BCUT2D eigenvalue weighted by molar-refractivity contribution is 7.98. The van der Waals surface area contributed by atoms with Crippen LogP contribution in [0.4, 0.5) is 11.4 Å². The average Bonchev–Trinajstić information content (AvgIpc) is 2.61. The summed E-state index contributed by atoms with van der Waals surface area (Å²) in [4.78, 5) is 25.1. The normalized spacial score (nSPS) is 11.3. The second kappa shape index (κ2) is 11.5. The second-order valence-corrected chi connectivity index (χ2v) is 8.91. The number of rotatable bonds is 12. The highest BCUT2D eigenvalue weighted by Crippen LogP contribution is 2.29. The van der Waals surface area contributed by atoms with Crippen molar-refractivity contribution in [2.45, 2.75) is 45.3 Å². The van der Waals surface area contributed by atoms with Crippen LogP contribution in [0.1, 0.15) is 45.1 Å². The summed E-state index contributed by atoms with van der Waals surface area (Å²) in [6.45, 7) is 3.77. The number of carboxylic acids is 1. The number of aliphatic carboxylic acids is 1. The van der Waals surface area contributed by atoms with Crippen LogP contribution in [0.15, 0.2) is 18.2 Å². The smallest absolute Gasteiger partial charge is 0.303 e. The molecule has 1 aromatic carbocycles. The molecule has 0 atom stereocenters. The van der Waals surface area contributed by atoms with Crippen LogP contribution < -0.4 is 10.2 Å². The SMILES string of the molecule is CN(C)c1ccc(CSCCCCCC(=O)O)c(NC(=O)C(C)(C)CS)c1. The van der Waals surface area contributed by atoms with Crippen molar-refractivity contribution in [1.82, 2.24) is 0 Å². The first-order chi connectivity index (χ1) is 12.7. The molecule has 5 nitrogen and oxygen atoms in total. The van der Waals surface area contributed by atoms with Crippen LogP contribution in [0.25, 0.3) is 0 Å². The largest absolute Gasteiger partial charge is 0.481 e. The molecule has 27 heavy (non-hydrogen) atoms. The van der Waals surface area contributed by atoms with Crippen LogP contribution in [-0.2, 0) is 15.3 Å². The minimum absolute atomic E-state index is 0.0340. The summed E-state index contributed by atoms with van der Waals surface area (Å²) in [6.07, 6.45) is 2.90. The van der Waals surface area contributed by atoms with E-state index in [1.165, 1.54) is 0 Å². The van der Waals surface area contributed by atoms with E-state index in [2.05, 4.69) is 30.1 Å². The maximum absolute atomic E-state index is 12.6. The van der Waals surface area contributed by atoms with Crippen LogP contribution in [0.5, 0.6) is 0 Å². The Kier molecular flexibility index (Phi) is 10.1. The molecule has 0 aliphatic rings. The highest BCUT2D eigenvalue weighted by atomic mass is 32.2. The van der Waals surface area contributed by atoms with Gasteiger partial charge in [-0.25, -0.2) is 0 Å². The van der Waals surface area contributed by atoms with E-state index in [-0.39, 0.29) is 12.3 Å². The van der Waals surface area contributed by atoms with E-state index in [1.54, 1.807) is 11.8 Å². The molecule has 1 amide bonds. The van der Waals surface area contributed by atoms with Crippen molar-refractivity contribution in [3.63, 3.8) is 0 Å². The van der Waals surface area contributed by atoms with E-state index in [1.807, 2.05) is 38.9 Å². The minimum Gasteiger partial charge on any atom is -0.481 e. The van der Waals surface area contributed by atoms with Crippen LogP contribution in [0.2, 0.25) is 0 Å². The van der Waals surface area contributed by atoms with Gasteiger partial charge in [0.2, 0.25) is 5.91 Å². The zero-order valence-corrected chi connectivity index (χ0v) is 18.5. The first-order valence-corrected chi connectivity index (χ1v) is 11.0. The third kappa shape index (κ3) is 8.47. The van der Waals surface area contributed by atoms with Gasteiger partial charge in [-0.2, -0.15) is 24.4 Å². The topological polar surface area (TPSA) is 69.6 Å². The third-order valence-corrected chi connectivity index (χ3v) is 6.19. The Morgan fingerprint density at radius 2 is 1.93 bits per heavy atom. The molecule has 0 aromatic heterocycles. The Hall–Kier alpha value is -1.34. The van der Waals surface area contributed by atoms with Gasteiger partial charge in [0, 0.05) is 43.4 Å². The molecule has 0 bridgehead atoms. The van der Waals surface area contributed by atoms with Gasteiger partial charge in [-0.05, 0) is 36.3 Å². The molecular weight excluding hydrogens is 380 g/mol. The summed E-state index contributed by atoms with van der Waals surface area (Å²) in [5.74, 6) is 1.50. The molecule has 0 aliphatic carbocycles.